The summed E-state index contributed by atoms with van der Waals surface area (Å²) in [6.45, 7) is 2.03. The van der Waals surface area contributed by atoms with Gasteiger partial charge in [0.05, 0.1) is 0 Å². The highest BCUT2D eigenvalue weighted by molar-refractivity contribution is 7.13. The van der Waals surface area contributed by atoms with E-state index in [0.717, 1.165) is 24.6 Å². The summed E-state index contributed by atoms with van der Waals surface area (Å²) in [5, 5.41) is 3.11. The van der Waals surface area contributed by atoms with Gasteiger partial charge in [-0.15, -0.1) is 23.7 Å². The second-order valence-electron chi connectivity index (χ2n) is 2.81. The second-order valence-corrected chi connectivity index (χ2v) is 3.68. The molecule has 1 unspecified atom stereocenters. The Morgan fingerprint density at radius 1 is 1.67 bits per heavy atom. The molecule has 0 radical (unpaired) electrons. The van der Waals surface area contributed by atoms with Crippen LogP contribution >= 0.6 is 23.7 Å². The summed E-state index contributed by atoms with van der Waals surface area (Å²) < 4.78 is 0. The summed E-state index contributed by atoms with van der Waals surface area (Å²) in [6, 6.07) is 0.346. The second kappa shape index (κ2) is 4.07. The molecule has 0 aliphatic carbocycles. The van der Waals surface area contributed by atoms with E-state index in [-0.39, 0.29) is 12.4 Å². The minimum absolute atomic E-state index is 0. The molecule has 0 saturated carbocycles. The molecule has 2 rings (SSSR count). The highest BCUT2D eigenvalue weighted by atomic mass is 35.5. The predicted molar refractivity (Wildman–Crippen MR) is 54.2 cm³/mol. The molecule has 5 heteroatoms. The molecular formula is C7H12ClN3S. The summed E-state index contributed by atoms with van der Waals surface area (Å²) in [7, 11) is 0. The number of nitrogens with two attached hydrogens (primary N) is 1. The topological polar surface area (TPSA) is 42.1 Å². The normalized spacial score (nSPS) is 22.4. The fourth-order valence-electron chi connectivity index (χ4n) is 1.33. The van der Waals surface area contributed by atoms with Crippen molar-refractivity contribution in [3.05, 3.63) is 11.6 Å². The van der Waals surface area contributed by atoms with Crippen LogP contribution in [0.2, 0.25) is 0 Å². The van der Waals surface area contributed by atoms with Crippen LogP contribution in [0.3, 0.4) is 0 Å². The fourth-order valence-corrected chi connectivity index (χ4v) is 2.01. The van der Waals surface area contributed by atoms with Crippen molar-refractivity contribution in [1.29, 1.82) is 0 Å². The third-order valence-electron chi connectivity index (χ3n) is 1.91. The first-order chi connectivity index (χ1) is 5.36. The Hall–Kier alpha value is -0.320. The van der Waals surface area contributed by atoms with Crippen molar-refractivity contribution in [1.82, 2.24) is 4.98 Å². The summed E-state index contributed by atoms with van der Waals surface area (Å²) in [5.74, 6) is 0. The van der Waals surface area contributed by atoms with E-state index >= 15 is 0 Å². The molecule has 1 fully saturated rings. The maximum Gasteiger partial charge on any atom is 0.185 e. The van der Waals surface area contributed by atoms with E-state index in [9.17, 15) is 0 Å². The molecule has 1 aliphatic heterocycles. The highest BCUT2D eigenvalue weighted by Gasteiger charge is 2.20. The molecular weight excluding hydrogens is 194 g/mol. The van der Waals surface area contributed by atoms with Crippen LogP contribution in [0.25, 0.3) is 0 Å². The van der Waals surface area contributed by atoms with Crippen LogP contribution in [-0.2, 0) is 0 Å². The van der Waals surface area contributed by atoms with E-state index in [4.69, 9.17) is 5.73 Å². The summed E-state index contributed by atoms with van der Waals surface area (Å²) in [4.78, 5) is 6.47. The van der Waals surface area contributed by atoms with Crippen LogP contribution in [0.15, 0.2) is 11.6 Å². The highest BCUT2D eigenvalue weighted by Crippen LogP contribution is 2.21. The molecule has 0 spiro atoms. The van der Waals surface area contributed by atoms with Crippen LogP contribution in [0, 0.1) is 0 Å². The van der Waals surface area contributed by atoms with Gasteiger partial charge in [-0.1, -0.05) is 0 Å². The number of halogens is 1. The van der Waals surface area contributed by atoms with Gasteiger partial charge in [-0.2, -0.15) is 0 Å². The first-order valence-corrected chi connectivity index (χ1v) is 4.64. The van der Waals surface area contributed by atoms with Crippen LogP contribution in [0.4, 0.5) is 5.13 Å². The van der Waals surface area contributed by atoms with Gasteiger partial charge in [0, 0.05) is 30.7 Å². The van der Waals surface area contributed by atoms with E-state index in [0.29, 0.717) is 6.04 Å². The predicted octanol–water partition coefficient (Wildman–Crippen LogP) is 1.10. The number of nitrogens with zero attached hydrogens (tertiary/aromatic N) is 2. The summed E-state index contributed by atoms with van der Waals surface area (Å²) >= 11 is 1.68. The number of aromatic nitrogens is 1. The van der Waals surface area contributed by atoms with E-state index in [1.165, 1.54) is 0 Å². The summed E-state index contributed by atoms with van der Waals surface area (Å²) in [5.41, 5.74) is 5.77. The van der Waals surface area contributed by atoms with Gasteiger partial charge in [-0.25, -0.2) is 4.98 Å². The monoisotopic (exact) mass is 205 g/mol. The van der Waals surface area contributed by atoms with Gasteiger partial charge in [-0.05, 0) is 6.42 Å². The van der Waals surface area contributed by atoms with Crippen molar-refractivity contribution in [2.24, 2.45) is 5.73 Å². The molecule has 68 valence electrons. The van der Waals surface area contributed by atoms with Gasteiger partial charge in [-0.3, -0.25) is 0 Å². The standard InChI is InChI=1S/C7H11N3S.ClH/c8-6-1-3-10(5-6)7-9-2-4-11-7;/h2,4,6H,1,3,5,8H2;1H. The Labute approximate surface area is 82.0 Å². The van der Waals surface area contributed by atoms with E-state index in [1.54, 1.807) is 11.3 Å². The van der Waals surface area contributed by atoms with Crippen LogP contribution in [0.5, 0.6) is 0 Å². The lowest BCUT2D eigenvalue weighted by atomic mass is 10.3. The lowest BCUT2D eigenvalue weighted by Gasteiger charge is -2.12. The zero-order chi connectivity index (χ0) is 7.68. The van der Waals surface area contributed by atoms with Crippen LogP contribution < -0.4 is 10.6 Å². The van der Waals surface area contributed by atoms with Gasteiger partial charge < -0.3 is 10.6 Å². The van der Waals surface area contributed by atoms with Gasteiger partial charge in [0.15, 0.2) is 5.13 Å². The zero-order valence-corrected chi connectivity index (χ0v) is 8.27. The van der Waals surface area contributed by atoms with Gasteiger partial charge in [0.2, 0.25) is 0 Å². The van der Waals surface area contributed by atoms with Crippen molar-refractivity contribution >= 4 is 28.9 Å². The first-order valence-electron chi connectivity index (χ1n) is 3.76. The Kier molecular flexibility index (Phi) is 3.31. The molecule has 0 bridgehead atoms. The molecule has 2 N–H and O–H groups in total. The van der Waals surface area contributed by atoms with Gasteiger partial charge >= 0.3 is 0 Å². The van der Waals surface area contributed by atoms with Crippen molar-refractivity contribution < 1.29 is 0 Å². The average Bonchev–Trinajstić information content (AvgIpc) is 2.55. The molecule has 1 saturated heterocycles. The van der Waals surface area contributed by atoms with Crippen LogP contribution in [-0.4, -0.2) is 24.1 Å². The molecule has 1 aromatic heterocycles. The van der Waals surface area contributed by atoms with E-state index in [2.05, 4.69) is 9.88 Å². The molecule has 0 aromatic carbocycles. The third-order valence-corrected chi connectivity index (χ3v) is 2.75. The molecule has 0 amide bonds. The van der Waals surface area contributed by atoms with Gasteiger partial charge in [0.1, 0.15) is 0 Å². The molecule has 3 nitrogen and oxygen atoms in total. The minimum Gasteiger partial charge on any atom is -0.346 e. The van der Waals surface area contributed by atoms with Crippen molar-refractivity contribution in [3.8, 4) is 0 Å². The molecule has 12 heavy (non-hydrogen) atoms. The first kappa shape index (κ1) is 9.77. The van der Waals surface area contributed by atoms with Crippen molar-refractivity contribution in [2.75, 3.05) is 18.0 Å². The van der Waals surface area contributed by atoms with Gasteiger partial charge in [0.25, 0.3) is 0 Å². The smallest absolute Gasteiger partial charge is 0.185 e. The molecule has 1 atom stereocenters. The Bertz CT molecular complexity index is 227. The SMILES string of the molecule is Cl.NC1CCN(c2nccs2)C1. The fraction of sp³-hybridized carbons (Fsp3) is 0.571. The largest absolute Gasteiger partial charge is 0.346 e. The lowest BCUT2D eigenvalue weighted by molar-refractivity contribution is 0.752. The lowest BCUT2D eigenvalue weighted by Crippen LogP contribution is -2.26. The minimum atomic E-state index is 0. The zero-order valence-electron chi connectivity index (χ0n) is 6.64. The molecule has 2 heterocycles. The Morgan fingerprint density at radius 3 is 3.00 bits per heavy atom. The number of hydrogen-bond acceptors (Lipinski definition) is 4. The van der Waals surface area contributed by atoms with E-state index in [1.807, 2.05) is 11.6 Å². The third kappa shape index (κ3) is 1.88. The summed E-state index contributed by atoms with van der Waals surface area (Å²) in [6.07, 6.45) is 2.93. The molecule has 1 aliphatic rings. The number of thiazole rings is 1. The van der Waals surface area contributed by atoms with Crippen LogP contribution in [0.1, 0.15) is 6.42 Å². The Balaban J connectivity index is 0.000000720. The maximum atomic E-state index is 5.77. The van der Waals surface area contributed by atoms with E-state index < -0.39 is 0 Å². The van der Waals surface area contributed by atoms with Crippen molar-refractivity contribution in [3.63, 3.8) is 0 Å². The maximum absolute atomic E-state index is 5.77. The Morgan fingerprint density at radius 2 is 2.50 bits per heavy atom. The number of hydrogen-bond donors (Lipinski definition) is 1. The number of rotatable bonds is 1. The quantitative estimate of drug-likeness (QED) is 0.747. The average molecular weight is 206 g/mol. The number of anilines is 1. The van der Waals surface area contributed by atoms with Crippen molar-refractivity contribution in [2.45, 2.75) is 12.5 Å². The molecule has 1 aromatic rings.